The highest BCUT2D eigenvalue weighted by Gasteiger charge is 2.42. The van der Waals surface area contributed by atoms with Crippen LogP contribution < -0.4 is 16.6 Å². The number of carbonyl (C=O) groups excluding carboxylic acids is 1. The number of fused-ring (bicyclic) bond motifs is 3. The van der Waals surface area contributed by atoms with Crippen molar-refractivity contribution in [2.24, 2.45) is 7.05 Å². The van der Waals surface area contributed by atoms with Gasteiger partial charge >= 0.3 is 5.69 Å². The highest BCUT2D eigenvalue weighted by molar-refractivity contribution is 9.10. The van der Waals surface area contributed by atoms with Gasteiger partial charge in [-0.3, -0.25) is 19.1 Å². The lowest BCUT2D eigenvalue weighted by atomic mass is 9.81. The molecule has 1 aromatic heterocycles. The molecule has 2 N–H and O–H groups in total. The first-order valence-electron chi connectivity index (χ1n) is 8.71. The van der Waals surface area contributed by atoms with E-state index in [1.165, 1.54) is 4.57 Å². The van der Waals surface area contributed by atoms with Crippen LogP contribution in [-0.4, -0.2) is 15.3 Å². The molecule has 5 rings (SSSR count). The lowest BCUT2D eigenvalue weighted by Gasteiger charge is -2.29. The van der Waals surface area contributed by atoms with E-state index in [1.807, 2.05) is 42.5 Å². The third-order valence-electron chi connectivity index (χ3n) is 5.34. The molecule has 0 saturated heterocycles. The normalized spacial score (nSPS) is 17.1. The van der Waals surface area contributed by atoms with Crippen LogP contribution in [0.2, 0.25) is 0 Å². The van der Waals surface area contributed by atoms with Crippen LogP contribution in [0.3, 0.4) is 0 Å². The number of ketones is 1. The van der Waals surface area contributed by atoms with Crippen molar-refractivity contribution >= 4 is 33.2 Å². The summed E-state index contributed by atoms with van der Waals surface area (Å²) in [4.78, 5) is 40.6. The molecule has 28 heavy (non-hydrogen) atoms. The van der Waals surface area contributed by atoms with Gasteiger partial charge in [-0.15, -0.1) is 0 Å². The van der Waals surface area contributed by atoms with Gasteiger partial charge in [0.15, 0.2) is 5.78 Å². The Morgan fingerprint density at radius 2 is 1.64 bits per heavy atom. The maximum absolute atomic E-state index is 13.3. The molecule has 138 valence electrons. The average Bonchev–Trinajstić information content (AvgIpc) is 2.98. The molecule has 2 aromatic carbocycles. The second kappa shape index (κ2) is 5.90. The summed E-state index contributed by atoms with van der Waals surface area (Å²) < 4.78 is 2.27. The summed E-state index contributed by atoms with van der Waals surface area (Å²) >= 11 is 3.42. The minimum atomic E-state index is -0.574. The van der Waals surface area contributed by atoms with Crippen LogP contribution in [-0.2, 0) is 7.05 Å². The summed E-state index contributed by atoms with van der Waals surface area (Å²) in [6.45, 7) is 0. The first kappa shape index (κ1) is 16.9. The fraction of sp³-hybridized carbons (Fsp3) is 0.0952. The molecule has 1 aliphatic carbocycles. The fourth-order valence-electron chi connectivity index (χ4n) is 4.02. The summed E-state index contributed by atoms with van der Waals surface area (Å²) in [7, 11) is 1.59. The molecule has 6 nitrogen and oxygen atoms in total. The van der Waals surface area contributed by atoms with Gasteiger partial charge in [0.05, 0.1) is 11.3 Å². The molecule has 0 spiro atoms. The van der Waals surface area contributed by atoms with Gasteiger partial charge in [-0.2, -0.15) is 0 Å². The number of hydrogen-bond donors (Lipinski definition) is 2. The highest BCUT2D eigenvalue weighted by atomic mass is 79.9. The number of aromatic nitrogens is 2. The zero-order valence-electron chi connectivity index (χ0n) is 14.7. The van der Waals surface area contributed by atoms with E-state index in [9.17, 15) is 14.4 Å². The van der Waals surface area contributed by atoms with Gasteiger partial charge in [0.25, 0.3) is 5.56 Å². The number of nitrogens with one attached hydrogen (secondary N) is 2. The molecule has 1 aliphatic heterocycles. The molecule has 0 radical (unpaired) electrons. The smallest absolute Gasteiger partial charge is 0.329 e. The Hall–Kier alpha value is -3.19. The Bertz CT molecular complexity index is 1320. The SMILES string of the molecule is Cn1c2c(c(=O)[nH]c1=O)C(c1ccc(Br)cc1)C1=C(N2)c2ccccc2C1=O. The zero-order valence-corrected chi connectivity index (χ0v) is 16.3. The molecule has 3 aromatic rings. The molecule has 0 amide bonds. The zero-order chi connectivity index (χ0) is 19.6. The first-order chi connectivity index (χ1) is 13.5. The van der Waals surface area contributed by atoms with Gasteiger partial charge in [0.1, 0.15) is 5.82 Å². The Morgan fingerprint density at radius 3 is 2.36 bits per heavy atom. The number of hydrogen-bond acceptors (Lipinski definition) is 4. The summed E-state index contributed by atoms with van der Waals surface area (Å²) in [6, 6.07) is 14.9. The van der Waals surface area contributed by atoms with E-state index in [2.05, 4.69) is 26.2 Å². The second-order valence-corrected chi connectivity index (χ2v) is 7.77. The Morgan fingerprint density at radius 1 is 0.964 bits per heavy atom. The Labute approximate surface area is 167 Å². The van der Waals surface area contributed by atoms with Crippen molar-refractivity contribution in [2.75, 3.05) is 5.32 Å². The van der Waals surface area contributed by atoms with Crippen molar-refractivity contribution in [3.8, 4) is 0 Å². The van der Waals surface area contributed by atoms with Crippen LogP contribution in [0.25, 0.3) is 5.70 Å². The van der Waals surface area contributed by atoms with E-state index in [1.54, 1.807) is 13.1 Å². The topological polar surface area (TPSA) is 84.0 Å². The molecule has 0 bridgehead atoms. The van der Waals surface area contributed by atoms with Gasteiger partial charge in [-0.05, 0) is 17.7 Å². The number of nitrogens with zero attached hydrogens (tertiary/aromatic N) is 1. The predicted molar refractivity (Wildman–Crippen MR) is 110 cm³/mol. The molecule has 2 aliphatic rings. The third kappa shape index (κ3) is 2.23. The number of anilines is 1. The second-order valence-electron chi connectivity index (χ2n) is 6.85. The number of benzene rings is 2. The van der Waals surface area contributed by atoms with Crippen LogP contribution in [0.4, 0.5) is 5.82 Å². The van der Waals surface area contributed by atoms with Crippen LogP contribution in [0.1, 0.15) is 33.0 Å². The number of Topliss-reactive ketones (excluding diaryl/α,β-unsaturated/α-hetero) is 1. The van der Waals surface area contributed by atoms with Crippen molar-refractivity contribution < 1.29 is 4.79 Å². The van der Waals surface area contributed by atoms with E-state index in [0.29, 0.717) is 28.2 Å². The number of carbonyl (C=O) groups is 1. The summed E-state index contributed by atoms with van der Waals surface area (Å²) in [5, 5.41) is 3.20. The first-order valence-corrected chi connectivity index (χ1v) is 9.50. The molecule has 2 heterocycles. The maximum Gasteiger partial charge on any atom is 0.329 e. The van der Waals surface area contributed by atoms with Crippen molar-refractivity contribution in [1.82, 2.24) is 9.55 Å². The standard InChI is InChI=1S/C21H14BrN3O3/c1-25-19-16(20(27)24-21(25)28)14(10-6-8-11(22)9-7-10)15-17(23-19)12-4-2-3-5-13(12)18(15)26/h2-9,14,23H,1H3,(H,24,27,28). The maximum atomic E-state index is 13.3. The number of aromatic amines is 1. The summed E-state index contributed by atoms with van der Waals surface area (Å²) in [5.74, 6) is -0.273. The number of H-pyrrole nitrogens is 1. The van der Waals surface area contributed by atoms with Crippen molar-refractivity contribution in [1.29, 1.82) is 0 Å². The lowest BCUT2D eigenvalue weighted by Crippen LogP contribution is -2.37. The van der Waals surface area contributed by atoms with Crippen molar-refractivity contribution in [3.63, 3.8) is 0 Å². The van der Waals surface area contributed by atoms with Gasteiger partial charge < -0.3 is 5.32 Å². The van der Waals surface area contributed by atoms with Crippen molar-refractivity contribution in [2.45, 2.75) is 5.92 Å². The largest absolute Gasteiger partial charge is 0.340 e. The van der Waals surface area contributed by atoms with E-state index in [-0.39, 0.29) is 5.78 Å². The van der Waals surface area contributed by atoms with Crippen LogP contribution in [0.5, 0.6) is 0 Å². The molecule has 0 saturated carbocycles. The molecule has 1 unspecified atom stereocenters. The molecule has 1 atom stereocenters. The van der Waals surface area contributed by atoms with E-state index < -0.39 is 17.2 Å². The van der Waals surface area contributed by atoms with E-state index >= 15 is 0 Å². The third-order valence-corrected chi connectivity index (χ3v) is 5.87. The van der Waals surface area contributed by atoms with Gasteiger partial charge in [-0.1, -0.05) is 52.3 Å². The lowest BCUT2D eigenvalue weighted by molar-refractivity contribution is 0.103. The van der Waals surface area contributed by atoms with E-state index in [0.717, 1.165) is 15.6 Å². The fourth-order valence-corrected chi connectivity index (χ4v) is 4.29. The summed E-state index contributed by atoms with van der Waals surface area (Å²) in [6.07, 6.45) is 0. The van der Waals surface area contributed by atoms with Crippen LogP contribution in [0.15, 0.2) is 68.2 Å². The quantitative estimate of drug-likeness (QED) is 0.615. The molecule has 0 fully saturated rings. The molecular formula is C21H14BrN3O3. The monoisotopic (exact) mass is 435 g/mol. The average molecular weight is 436 g/mol. The van der Waals surface area contributed by atoms with Crippen molar-refractivity contribution in [3.05, 3.63) is 102 Å². The predicted octanol–water partition coefficient (Wildman–Crippen LogP) is 3.00. The Kier molecular flexibility index (Phi) is 3.57. The summed E-state index contributed by atoms with van der Waals surface area (Å²) in [5.41, 5.74) is 2.73. The molecular weight excluding hydrogens is 422 g/mol. The highest BCUT2D eigenvalue weighted by Crippen LogP contribution is 2.47. The van der Waals surface area contributed by atoms with Gasteiger partial charge in [-0.25, -0.2) is 4.79 Å². The molecule has 7 heteroatoms. The van der Waals surface area contributed by atoms with Crippen LogP contribution in [0, 0.1) is 0 Å². The number of halogens is 1. The van der Waals surface area contributed by atoms with E-state index in [4.69, 9.17) is 0 Å². The van der Waals surface area contributed by atoms with Gasteiger partial charge in [0, 0.05) is 34.1 Å². The minimum absolute atomic E-state index is 0.107. The number of rotatable bonds is 1. The number of allylic oxidation sites excluding steroid dienone is 1. The van der Waals surface area contributed by atoms with Crippen LogP contribution >= 0.6 is 15.9 Å². The Balaban J connectivity index is 1.87. The van der Waals surface area contributed by atoms with Gasteiger partial charge in [0.2, 0.25) is 0 Å². The minimum Gasteiger partial charge on any atom is -0.340 e.